The average molecular weight is 219 g/mol. The van der Waals surface area contributed by atoms with Gasteiger partial charge in [0.2, 0.25) is 0 Å². The monoisotopic (exact) mass is 219 g/mol. The first kappa shape index (κ1) is 9.66. The molecule has 0 bridgehead atoms. The van der Waals surface area contributed by atoms with Gasteiger partial charge in [-0.1, -0.05) is 12.1 Å². The van der Waals surface area contributed by atoms with Crippen molar-refractivity contribution in [2.75, 3.05) is 6.61 Å². The van der Waals surface area contributed by atoms with Gasteiger partial charge in [-0.3, -0.25) is 0 Å². The summed E-state index contributed by atoms with van der Waals surface area (Å²) >= 11 is 0. The number of ether oxygens (including phenoxy) is 2. The van der Waals surface area contributed by atoms with Crippen LogP contribution in [0.5, 0.6) is 5.75 Å². The average Bonchev–Trinajstić information content (AvgIpc) is 2.89. The van der Waals surface area contributed by atoms with Crippen LogP contribution >= 0.6 is 0 Å². The highest BCUT2D eigenvalue weighted by Crippen LogP contribution is 2.28. The van der Waals surface area contributed by atoms with E-state index in [2.05, 4.69) is 11.4 Å². The molecule has 4 heteroatoms. The predicted octanol–water partition coefficient (Wildman–Crippen LogP) is 0.984. The van der Waals surface area contributed by atoms with E-state index in [4.69, 9.17) is 9.47 Å². The number of hydrogen-bond acceptors (Lipinski definition) is 4. The molecule has 0 amide bonds. The molecule has 1 N–H and O–H groups in total. The molecule has 1 fully saturated rings. The topological polar surface area (TPSA) is 47.6 Å². The number of nitrogens with one attached hydrogen (secondary N) is 1. The minimum atomic E-state index is -0.424. The molecule has 84 valence electrons. The molecule has 1 aromatic rings. The first-order valence-corrected chi connectivity index (χ1v) is 5.49. The summed E-state index contributed by atoms with van der Waals surface area (Å²) in [6.45, 7) is 2.16. The maximum absolute atomic E-state index is 11.3. The SMILES string of the molecule is O=C1OCCC1Oc1cccc2c1CNC2. The minimum Gasteiger partial charge on any atom is -0.478 e. The summed E-state index contributed by atoms with van der Waals surface area (Å²) in [5.41, 5.74) is 2.42. The van der Waals surface area contributed by atoms with Crippen LogP contribution in [0.25, 0.3) is 0 Å². The van der Waals surface area contributed by atoms with Crippen molar-refractivity contribution in [2.45, 2.75) is 25.6 Å². The van der Waals surface area contributed by atoms with Crippen LogP contribution < -0.4 is 10.1 Å². The van der Waals surface area contributed by atoms with Gasteiger partial charge >= 0.3 is 5.97 Å². The highest BCUT2D eigenvalue weighted by Gasteiger charge is 2.29. The van der Waals surface area contributed by atoms with Gasteiger partial charge in [0.1, 0.15) is 5.75 Å². The van der Waals surface area contributed by atoms with Gasteiger partial charge in [0.05, 0.1) is 6.61 Å². The van der Waals surface area contributed by atoms with E-state index in [0.29, 0.717) is 13.0 Å². The van der Waals surface area contributed by atoms with Crippen molar-refractivity contribution in [3.63, 3.8) is 0 Å². The summed E-state index contributed by atoms with van der Waals surface area (Å²) < 4.78 is 10.6. The molecule has 1 atom stereocenters. The van der Waals surface area contributed by atoms with E-state index in [-0.39, 0.29) is 5.97 Å². The van der Waals surface area contributed by atoms with Gasteiger partial charge in [-0.25, -0.2) is 4.79 Å². The fraction of sp³-hybridized carbons (Fsp3) is 0.417. The third-order valence-electron chi connectivity index (χ3n) is 3.00. The van der Waals surface area contributed by atoms with E-state index in [9.17, 15) is 4.79 Å². The summed E-state index contributed by atoms with van der Waals surface area (Å²) in [6.07, 6.45) is 0.225. The molecule has 0 spiro atoms. The molecule has 0 saturated carbocycles. The van der Waals surface area contributed by atoms with E-state index < -0.39 is 6.10 Å². The van der Waals surface area contributed by atoms with Gasteiger partial charge in [0.25, 0.3) is 0 Å². The molecule has 2 heterocycles. The fourth-order valence-electron chi connectivity index (χ4n) is 2.15. The van der Waals surface area contributed by atoms with Gasteiger partial charge in [0.15, 0.2) is 6.10 Å². The number of hydrogen-bond donors (Lipinski definition) is 1. The highest BCUT2D eigenvalue weighted by atomic mass is 16.6. The Hall–Kier alpha value is -1.55. The van der Waals surface area contributed by atoms with Crippen LogP contribution in [0.15, 0.2) is 18.2 Å². The third kappa shape index (κ3) is 1.55. The lowest BCUT2D eigenvalue weighted by molar-refractivity contribution is -0.143. The van der Waals surface area contributed by atoms with Crippen molar-refractivity contribution in [3.05, 3.63) is 29.3 Å². The molecular formula is C12H13NO3. The molecule has 2 aliphatic heterocycles. The molecule has 2 aliphatic rings. The molecule has 1 unspecified atom stereocenters. The Morgan fingerprint density at radius 1 is 1.38 bits per heavy atom. The quantitative estimate of drug-likeness (QED) is 0.753. The first-order valence-electron chi connectivity index (χ1n) is 5.49. The number of esters is 1. The van der Waals surface area contributed by atoms with E-state index >= 15 is 0 Å². The lowest BCUT2D eigenvalue weighted by Gasteiger charge is -2.13. The van der Waals surface area contributed by atoms with Crippen LogP contribution in [0.3, 0.4) is 0 Å². The maximum atomic E-state index is 11.3. The molecule has 1 aromatic carbocycles. The zero-order valence-electron chi connectivity index (χ0n) is 8.86. The zero-order valence-corrected chi connectivity index (χ0v) is 8.86. The van der Waals surface area contributed by atoms with Crippen molar-refractivity contribution in [1.29, 1.82) is 0 Å². The minimum absolute atomic E-state index is 0.247. The van der Waals surface area contributed by atoms with Gasteiger partial charge in [-0.15, -0.1) is 0 Å². The van der Waals surface area contributed by atoms with E-state index in [1.54, 1.807) is 0 Å². The van der Waals surface area contributed by atoms with Crippen molar-refractivity contribution >= 4 is 5.97 Å². The second-order valence-corrected chi connectivity index (χ2v) is 4.06. The lowest BCUT2D eigenvalue weighted by Crippen LogP contribution is -2.22. The summed E-state index contributed by atoms with van der Waals surface area (Å²) in [5.74, 6) is 0.565. The van der Waals surface area contributed by atoms with Crippen molar-refractivity contribution in [3.8, 4) is 5.75 Å². The molecule has 4 nitrogen and oxygen atoms in total. The summed E-state index contributed by atoms with van der Waals surface area (Å²) in [6, 6.07) is 5.95. The zero-order chi connectivity index (χ0) is 11.0. The van der Waals surface area contributed by atoms with Gasteiger partial charge in [-0.2, -0.15) is 0 Å². The van der Waals surface area contributed by atoms with Crippen molar-refractivity contribution < 1.29 is 14.3 Å². The van der Waals surface area contributed by atoms with Crippen LogP contribution in [0, 0.1) is 0 Å². The molecule has 0 aliphatic carbocycles. The number of cyclic esters (lactones) is 1. The summed E-state index contributed by atoms with van der Waals surface area (Å²) in [7, 11) is 0. The standard InChI is InChI=1S/C12H13NO3/c14-12-11(4-5-15-12)16-10-3-1-2-8-6-13-7-9(8)10/h1-3,11,13H,4-7H2. The molecule has 3 rings (SSSR count). The van der Waals surface area contributed by atoms with E-state index in [0.717, 1.165) is 18.8 Å². The Bertz CT molecular complexity index is 430. The van der Waals surface area contributed by atoms with Crippen LogP contribution in [-0.2, 0) is 22.6 Å². The van der Waals surface area contributed by atoms with Crippen LogP contribution in [0.4, 0.5) is 0 Å². The molecule has 0 radical (unpaired) electrons. The number of carbonyl (C=O) groups is 1. The second kappa shape index (κ2) is 3.79. The van der Waals surface area contributed by atoms with Gasteiger partial charge in [-0.05, 0) is 11.6 Å². The largest absolute Gasteiger partial charge is 0.478 e. The van der Waals surface area contributed by atoms with Crippen molar-refractivity contribution in [2.24, 2.45) is 0 Å². The maximum Gasteiger partial charge on any atom is 0.347 e. The normalized spacial score (nSPS) is 23.0. The number of benzene rings is 1. The number of fused-ring (bicyclic) bond motifs is 1. The molecule has 16 heavy (non-hydrogen) atoms. The Balaban J connectivity index is 1.84. The molecular weight excluding hydrogens is 206 g/mol. The Labute approximate surface area is 93.5 Å². The van der Waals surface area contributed by atoms with E-state index in [1.807, 2.05) is 12.1 Å². The Morgan fingerprint density at radius 3 is 3.12 bits per heavy atom. The smallest absolute Gasteiger partial charge is 0.347 e. The summed E-state index contributed by atoms with van der Waals surface area (Å²) in [5, 5.41) is 3.27. The Kier molecular flexibility index (Phi) is 2.29. The number of rotatable bonds is 2. The highest BCUT2D eigenvalue weighted by molar-refractivity contribution is 5.76. The first-order chi connectivity index (χ1) is 7.84. The third-order valence-corrected chi connectivity index (χ3v) is 3.00. The predicted molar refractivity (Wildman–Crippen MR) is 57.0 cm³/mol. The van der Waals surface area contributed by atoms with Crippen LogP contribution in [0.2, 0.25) is 0 Å². The lowest BCUT2D eigenvalue weighted by atomic mass is 10.1. The fourth-order valence-corrected chi connectivity index (χ4v) is 2.15. The molecule has 1 saturated heterocycles. The molecule has 0 aromatic heterocycles. The Morgan fingerprint density at radius 2 is 2.31 bits per heavy atom. The van der Waals surface area contributed by atoms with Gasteiger partial charge < -0.3 is 14.8 Å². The van der Waals surface area contributed by atoms with Crippen LogP contribution in [0.1, 0.15) is 17.5 Å². The van der Waals surface area contributed by atoms with Crippen molar-refractivity contribution in [1.82, 2.24) is 5.32 Å². The van der Waals surface area contributed by atoms with Crippen LogP contribution in [-0.4, -0.2) is 18.7 Å². The summed E-state index contributed by atoms with van der Waals surface area (Å²) in [4.78, 5) is 11.3. The van der Waals surface area contributed by atoms with Gasteiger partial charge in [0, 0.05) is 25.1 Å². The van der Waals surface area contributed by atoms with E-state index in [1.165, 1.54) is 11.1 Å². The second-order valence-electron chi connectivity index (χ2n) is 4.06. The number of carbonyl (C=O) groups excluding carboxylic acids is 1.